The molecule has 6 aromatic rings. The van der Waals surface area contributed by atoms with Crippen molar-refractivity contribution in [3.8, 4) is 0 Å². The quantitative estimate of drug-likeness (QED) is 0.184. The standard InChI is InChI=1S/C15H16N2O2S2.C13H9NO3S2.C2HF3O2/c1-11(16)10-12-4-2-5-14-13(12)7-8-17(14)21(18,19)15-6-3-9-20-15;15-9-10-3-1-4-12-11(10)6-7-14(12)19(16,17)13-5-2-8-18-13;3-2(4,5)1(6)7/h2-9,11H,10,16H2,1H3;1-9H;(H,6,7). The summed E-state index contributed by atoms with van der Waals surface area (Å²) in [6.07, 6.45) is -0.540. The van der Waals surface area contributed by atoms with Gasteiger partial charge in [-0.15, -0.1) is 22.7 Å². The van der Waals surface area contributed by atoms with E-state index in [0.29, 0.717) is 26.2 Å². The van der Waals surface area contributed by atoms with E-state index < -0.39 is 32.2 Å². The van der Waals surface area contributed by atoms with Crippen molar-refractivity contribution in [2.24, 2.45) is 5.73 Å². The minimum atomic E-state index is -5.08. The van der Waals surface area contributed by atoms with Gasteiger partial charge in [0.25, 0.3) is 20.0 Å². The van der Waals surface area contributed by atoms with Crippen molar-refractivity contribution in [2.75, 3.05) is 0 Å². The molecule has 47 heavy (non-hydrogen) atoms. The van der Waals surface area contributed by atoms with Gasteiger partial charge in [0.15, 0.2) is 6.29 Å². The van der Waals surface area contributed by atoms with Gasteiger partial charge < -0.3 is 10.8 Å². The number of carboxylic acid groups (broad SMARTS) is 1. The van der Waals surface area contributed by atoms with Crippen LogP contribution in [-0.4, -0.2) is 54.4 Å². The van der Waals surface area contributed by atoms with E-state index in [-0.39, 0.29) is 10.3 Å². The van der Waals surface area contributed by atoms with Gasteiger partial charge in [-0.1, -0.05) is 36.4 Å². The molecule has 0 bridgehead atoms. The lowest BCUT2D eigenvalue weighted by atomic mass is 10.0. The number of alkyl halides is 3. The van der Waals surface area contributed by atoms with Crippen LogP contribution in [0.25, 0.3) is 21.8 Å². The summed E-state index contributed by atoms with van der Waals surface area (Å²) in [4.78, 5) is 19.8. The van der Waals surface area contributed by atoms with Crippen LogP contribution in [0.4, 0.5) is 13.2 Å². The average Bonchev–Trinajstić information content (AvgIpc) is 3.83. The molecule has 0 radical (unpaired) electrons. The van der Waals surface area contributed by atoms with Crippen LogP contribution in [0.1, 0.15) is 22.8 Å². The monoisotopic (exact) mass is 725 g/mol. The highest BCUT2D eigenvalue weighted by molar-refractivity contribution is 7.92. The van der Waals surface area contributed by atoms with Gasteiger partial charge in [-0.05, 0) is 66.1 Å². The van der Waals surface area contributed by atoms with Crippen LogP contribution in [0.3, 0.4) is 0 Å². The highest BCUT2D eigenvalue weighted by atomic mass is 32.3. The Kier molecular flexibility index (Phi) is 10.8. The third kappa shape index (κ3) is 7.82. The first-order valence-electron chi connectivity index (χ1n) is 13.4. The molecule has 1 unspecified atom stereocenters. The summed E-state index contributed by atoms with van der Waals surface area (Å²) in [5.41, 5.74) is 8.63. The van der Waals surface area contributed by atoms with Gasteiger partial charge in [-0.25, -0.2) is 12.7 Å². The molecule has 17 heteroatoms. The number of aliphatic carboxylic acids is 1. The Morgan fingerprint density at radius 2 is 1.30 bits per heavy atom. The molecule has 3 N–H and O–H groups in total. The number of nitrogens with two attached hydrogens (primary N) is 1. The zero-order valence-electron chi connectivity index (χ0n) is 24.2. The SMILES string of the molecule is CC(N)Cc1cccc2c1ccn2S(=O)(=O)c1cccs1.O=C(O)C(F)(F)F.O=Cc1cccc2c1ccn2S(=O)(=O)c1cccs1. The van der Waals surface area contributed by atoms with E-state index in [1.54, 1.807) is 65.5 Å². The number of halogens is 3. The second-order valence-corrected chi connectivity index (χ2v) is 15.8. The molecule has 4 heterocycles. The predicted molar refractivity (Wildman–Crippen MR) is 174 cm³/mol. The summed E-state index contributed by atoms with van der Waals surface area (Å²) in [5, 5.41) is 12.2. The Balaban J connectivity index is 0.000000178. The number of thiophene rings is 2. The second-order valence-electron chi connectivity index (χ2n) is 9.83. The van der Waals surface area contributed by atoms with Crippen LogP contribution < -0.4 is 5.73 Å². The lowest BCUT2D eigenvalue weighted by Gasteiger charge is -2.09. The van der Waals surface area contributed by atoms with Gasteiger partial charge in [-0.2, -0.15) is 30.0 Å². The normalized spacial score (nSPS) is 12.5. The molecule has 6 rings (SSSR count). The summed E-state index contributed by atoms with van der Waals surface area (Å²) < 4.78 is 85.1. The van der Waals surface area contributed by atoms with E-state index in [4.69, 9.17) is 15.6 Å². The number of fused-ring (bicyclic) bond motifs is 2. The first-order valence-corrected chi connectivity index (χ1v) is 18.0. The molecule has 0 saturated carbocycles. The number of hydrogen-bond acceptors (Lipinski definition) is 9. The number of carboxylic acids is 1. The zero-order valence-corrected chi connectivity index (χ0v) is 27.5. The maximum atomic E-state index is 12.7. The molecule has 0 spiro atoms. The molecule has 4 aromatic heterocycles. The summed E-state index contributed by atoms with van der Waals surface area (Å²) in [6, 6.07) is 20.9. The lowest BCUT2D eigenvalue weighted by Crippen LogP contribution is -2.21. The first kappa shape index (κ1) is 35.6. The van der Waals surface area contributed by atoms with E-state index in [9.17, 15) is 34.8 Å². The molecular formula is C30H26F3N3O7S4. The van der Waals surface area contributed by atoms with Crippen molar-refractivity contribution in [2.45, 2.75) is 34.0 Å². The van der Waals surface area contributed by atoms with Crippen molar-refractivity contribution >= 4 is 76.8 Å². The summed E-state index contributed by atoms with van der Waals surface area (Å²) in [5.74, 6) is -2.76. The van der Waals surface area contributed by atoms with Crippen molar-refractivity contribution in [3.05, 3.63) is 107 Å². The smallest absolute Gasteiger partial charge is 0.475 e. The van der Waals surface area contributed by atoms with Gasteiger partial charge >= 0.3 is 12.1 Å². The van der Waals surface area contributed by atoms with Gasteiger partial charge in [0.2, 0.25) is 0 Å². The number of nitrogens with zero attached hydrogens (tertiary/aromatic N) is 2. The molecule has 248 valence electrons. The fourth-order valence-corrected chi connectivity index (χ4v) is 9.29. The number of rotatable bonds is 7. The summed E-state index contributed by atoms with van der Waals surface area (Å²) in [7, 11) is -7.10. The fourth-order valence-electron chi connectivity index (χ4n) is 4.43. The Hall–Kier alpha value is -4.29. The molecule has 0 saturated heterocycles. The molecule has 0 aliphatic rings. The molecule has 10 nitrogen and oxygen atoms in total. The van der Waals surface area contributed by atoms with Crippen LogP contribution in [0.15, 0.2) is 104 Å². The number of benzene rings is 2. The summed E-state index contributed by atoms with van der Waals surface area (Å²) in [6.45, 7) is 1.94. The molecule has 0 aliphatic heterocycles. The zero-order chi connectivity index (χ0) is 34.6. The van der Waals surface area contributed by atoms with E-state index in [1.165, 1.54) is 36.8 Å². The van der Waals surface area contributed by atoms with Crippen molar-refractivity contribution in [1.82, 2.24) is 7.94 Å². The van der Waals surface area contributed by atoms with E-state index in [2.05, 4.69) is 0 Å². The summed E-state index contributed by atoms with van der Waals surface area (Å²) >= 11 is 2.39. The number of aldehydes is 1. The third-order valence-electron chi connectivity index (χ3n) is 6.45. The first-order chi connectivity index (χ1) is 22.1. The molecule has 0 amide bonds. The predicted octanol–water partition coefficient (Wildman–Crippen LogP) is 6.22. The van der Waals surface area contributed by atoms with Gasteiger partial charge in [-0.3, -0.25) is 4.79 Å². The minimum absolute atomic E-state index is 0.0350. The highest BCUT2D eigenvalue weighted by Gasteiger charge is 2.38. The Morgan fingerprint density at radius 3 is 1.72 bits per heavy atom. The van der Waals surface area contributed by atoms with Crippen LogP contribution in [0.2, 0.25) is 0 Å². The molecule has 1 atom stereocenters. The van der Waals surface area contributed by atoms with E-state index in [1.807, 2.05) is 31.2 Å². The van der Waals surface area contributed by atoms with Crippen LogP contribution >= 0.6 is 22.7 Å². The molecular weight excluding hydrogens is 700 g/mol. The van der Waals surface area contributed by atoms with Crippen molar-refractivity contribution in [1.29, 1.82) is 0 Å². The van der Waals surface area contributed by atoms with Crippen molar-refractivity contribution < 1.29 is 44.7 Å². The molecule has 0 fully saturated rings. The van der Waals surface area contributed by atoms with Crippen LogP contribution in [-0.2, 0) is 31.3 Å². The largest absolute Gasteiger partial charge is 0.490 e. The molecule has 2 aromatic carbocycles. The number of hydrogen-bond donors (Lipinski definition) is 2. The van der Waals surface area contributed by atoms with Crippen LogP contribution in [0.5, 0.6) is 0 Å². The van der Waals surface area contributed by atoms with Crippen molar-refractivity contribution in [3.63, 3.8) is 0 Å². The maximum absolute atomic E-state index is 12.7. The topological polar surface area (TPSA) is 159 Å². The maximum Gasteiger partial charge on any atom is 0.490 e. The van der Waals surface area contributed by atoms with Crippen LogP contribution in [0, 0.1) is 0 Å². The van der Waals surface area contributed by atoms with Gasteiger partial charge in [0.05, 0.1) is 11.0 Å². The average molecular weight is 726 g/mol. The third-order valence-corrected chi connectivity index (χ3v) is 12.6. The number of aromatic nitrogens is 2. The number of carbonyl (C=O) groups is 2. The van der Waals surface area contributed by atoms with Gasteiger partial charge in [0.1, 0.15) is 8.42 Å². The number of carbonyl (C=O) groups excluding carboxylic acids is 1. The molecule has 0 aliphatic carbocycles. The Morgan fingerprint density at radius 1 is 0.830 bits per heavy atom. The minimum Gasteiger partial charge on any atom is -0.475 e. The fraction of sp³-hybridized carbons (Fsp3) is 0.133. The van der Waals surface area contributed by atoms with Gasteiger partial charge in [0, 0.05) is 34.8 Å². The lowest BCUT2D eigenvalue weighted by molar-refractivity contribution is -0.192. The van der Waals surface area contributed by atoms with E-state index >= 15 is 0 Å². The highest BCUT2D eigenvalue weighted by Crippen LogP contribution is 2.28. The van der Waals surface area contributed by atoms with E-state index in [0.717, 1.165) is 23.7 Å². The second kappa shape index (κ2) is 14.2. The Labute approximate surface area is 275 Å². The Bertz CT molecular complexity index is 2220.